The number of aryl methyl sites for hydroxylation is 1. The molecule has 2 aromatic carbocycles. The maximum atomic E-state index is 5.56. The van der Waals surface area contributed by atoms with Crippen LogP contribution < -0.4 is 14.8 Å². The van der Waals surface area contributed by atoms with E-state index in [2.05, 4.69) is 39.6 Å². The van der Waals surface area contributed by atoms with Crippen molar-refractivity contribution in [1.29, 1.82) is 0 Å². The Morgan fingerprint density at radius 2 is 1.86 bits per heavy atom. The summed E-state index contributed by atoms with van der Waals surface area (Å²) in [5, 5.41) is 3.42. The van der Waals surface area contributed by atoms with Crippen LogP contribution in [0.15, 0.2) is 67.1 Å². The molecule has 0 fully saturated rings. The molecule has 4 rings (SSSR count). The highest BCUT2D eigenvalue weighted by molar-refractivity contribution is 5.74. The van der Waals surface area contributed by atoms with Gasteiger partial charge in [-0.2, -0.15) is 0 Å². The van der Waals surface area contributed by atoms with E-state index in [4.69, 9.17) is 9.47 Å². The topological polar surface area (TPSA) is 60.7 Å². The van der Waals surface area contributed by atoms with E-state index in [1.54, 1.807) is 20.4 Å². The molecule has 1 N–H and O–H groups in total. The van der Waals surface area contributed by atoms with E-state index in [9.17, 15) is 0 Å². The van der Waals surface area contributed by atoms with Gasteiger partial charge in [0.15, 0.2) is 11.5 Å². The van der Waals surface area contributed by atoms with Crippen molar-refractivity contribution in [2.24, 2.45) is 0 Å². The number of ether oxygens (including phenoxy) is 2. The van der Waals surface area contributed by atoms with E-state index in [1.165, 1.54) is 5.56 Å². The van der Waals surface area contributed by atoms with Crippen LogP contribution >= 0.6 is 0 Å². The first-order valence-electron chi connectivity index (χ1n) is 9.62. The molecular weight excluding hydrogens is 364 g/mol. The van der Waals surface area contributed by atoms with Crippen LogP contribution in [0, 0.1) is 0 Å². The van der Waals surface area contributed by atoms with E-state index < -0.39 is 0 Å². The highest BCUT2D eigenvalue weighted by Gasteiger charge is 2.14. The third kappa shape index (κ3) is 4.01. The van der Waals surface area contributed by atoms with Crippen molar-refractivity contribution in [3.8, 4) is 22.8 Å². The molecule has 6 heteroatoms. The maximum absolute atomic E-state index is 5.56. The van der Waals surface area contributed by atoms with E-state index in [-0.39, 0.29) is 0 Å². The lowest BCUT2D eigenvalue weighted by atomic mass is 10.1. The Balaban J connectivity index is 1.55. The molecule has 2 heterocycles. The molecule has 6 nitrogen and oxygen atoms in total. The summed E-state index contributed by atoms with van der Waals surface area (Å²) in [5.41, 5.74) is 3.97. The van der Waals surface area contributed by atoms with Crippen LogP contribution in [0.4, 0.5) is 5.82 Å². The van der Waals surface area contributed by atoms with Gasteiger partial charge >= 0.3 is 0 Å². The molecule has 0 radical (unpaired) electrons. The van der Waals surface area contributed by atoms with Gasteiger partial charge in [0.1, 0.15) is 11.5 Å². The lowest BCUT2D eigenvalue weighted by Crippen LogP contribution is -2.07. The summed E-state index contributed by atoms with van der Waals surface area (Å²) < 4.78 is 12.9. The minimum atomic E-state index is 0.727. The first kappa shape index (κ1) is 18.8. The number of anilines is 1. The first-order valence-corrected chi connectivity index (χ1v) is 9.62. The highest BCUT2D eigenvalue weighted by atomic mass is 16.5. The molecule has 29 heavy (non-hydrogen) atoms. The number of aromatic nitrogens is 3. The van der Waals surface area contributed by atoms with Gasteiger partial charge in [0.25, 0.3) is 0 Å². The number of imidazole rings is 1. The van der Waals surface area contributed by atoms with Gasteiger partial charge in [0.05, 0.1) is 26.1 Å². The monoisotopic (exact) mass is 388 g/mol. The number of fused-ring (bicyclic) bond motifs is 1. The van der Waals surface area contributed by atoms with E-state index in [0.29, 0.717) is 0 Å². The molecule has 0 saturated carbocycles. The van der Waals surface area contributed by atoms with E-state index >= 15 is 0 Å². The second-order valence-corrected chi connectivity index (χ2v) is 6.70. The van der Waals surface area contributed by atoms with Gasteiger partial charge in [0, 0.05) is 30.6 Å². The molecule has 0 unspecified atom stereocenters. The van der Waals surface area contributed by atoms with Crippen molar-refractivity contribution in [3.05, 3.63) is 72.7 Å². The van der Waals surface area contributed by atoms with Gasteiger partial charge in [-0.25, -0.2) is 9.97 Å². The average Bonchev–Trinajstić information content (AvgIpc) is 3.27. The molecule has 0 aliphatic heterocycles. The largest absolute Gasteiger partial charge is 0.497 e. The molecule has 2 aromatic heterocycles. The predicted molar refractivity (Wildman–Crippen MR) is 115 cm³/mol. The Labute approximate surface area is 170 Å². The maximum Gasteiger partial charge on any atom is 0.180 e. The molecule has 0 spiro atoms. The minimum Gasteiger partial charge on any atom is -0.497 e. The van der Waals surface area contributed by atoms with Crippen LogP contribution in [-0.4, -0.2) is 35.1 Å². The fraction of sp³-hybridized carbons (Fsp3) is 0.217. The molecule has 4 aromatic rings. The molecule has 0 aliphatic carbocycles. The summed E-state index contributed by atoms with van der Waals surface area (Å²) in [4.78, 5) is 9.14. The molecule has 148 valence electrons. The molecule has 0 saturated heterocycles. The molecule has 0 aliphatic rings. The zero-order valence-corrected chi connectivity index (χ0v) is 16.6. The van der Waals surface area contributed by atoms with Gasteiger partial charge < -0.3 is 14.8 Å². The third-order valence-corrected chi connectivity index (χ3v) is 4.89. The fourth-order valence-electron chi connectivity index (χ4n) is 3.40. The van der Waals surface area contributed by atoms with Crippen molar-refractivity contribution in [2.75, 3.05) is 26.1 Å². The Morgan fingerprint density at radius 3 is 2.66 bits per heavy atom. The van der Waals surface area contributed by atoms with Crippen LogP contribution in [0.1, 0.15) is 12.0 Å². The van der Waals surface area contributed by atoms with E-state index in [1.807, 2.05) is 41.1 Å². The molecule has 0 atom stereocenters. The standard InChI is InChI=1S/C23H24N4O2/c1-28-18-10-11-19(21(15-18)29-2)20-16-26-22(23-25-13-14-27(20)23)24-12-6-9-17-7-4-3-5-8-17/h3-5,7-8,10-11,13-16H,6,9,12H2,1-2H3,(H,24,26). The van der Waals surface area contributed by atoms with Crippen LogP contribution in [-0.2, 0) is 6.42 Å². The van der Waals surface area contributed by atoms with Gasteiger partial charge in [-0.3, -0.25) is 4.40 Å². The van der Waals surface area contributed by atoms with Crippen molar-refractivity contribution in [1.82, 2.24) is 14.4 Å². The SMILES string of the molecule is COc1ccc(-c2cnc(NCCCc3ccccc3)c3nccn23)c(OC)c1. The van der Waals surface area contributed by atoms with Gasteiger partial charge in [-0.15, -0.1) is 0 Å². The van der Waals surface area contributed by atoms with E-state index in [0.717, 1.165) is 53.6 Å². The Morgan fingerprint density at radius 1 is 1.00 bits per heavy atom. The molecule has 0 bridgehead atoms. The third-order valence-electron chi connectivity index (χ3n) is 4.89. The first-order chi connectivity index (χ1) is 14.3. The van der Waals surface area contributed by atoms with Crippen LogP contribution in [0.2, 0.25) is 0 Å². The summed E-state index contributed by atoms with van der Waals surface area (Å²) in [6, 6.07) is 16.3. The second kappa shape index (κ2) is 8.65. The van der Waals surface area contributed by atoms with Crippen molar-refractivity contribution in [3.63, 3.8) is 0 Å². The fourth-order valence-corrected chi connectivity index (χ4v) is 3.40. The Kier molecular flexibility index (Phi) is 5.61. The number of hydrogen-bond acceptors (Lipinski definition) is 5. The molecular formula is C23H24N4O2. The van der Waals surface area contributed by atoms with Crippen LogP contribution in [0.3, 0.4) is 0 Å². The zero-order chi connectivity index (χ0) is 20.1. The lowest BCUT2D eigenvalue weighted by Gasteiger charge is -2.14. The van der Waals surface area contributed by atoms with Gasteiger partial charge in [-0.05, 0) is 30.5 Å². The van der Waals surface area contributed by atoms with Crippen LogP contribution in [0.5, 0.6) is 11.5 Å². The van der Waals surface area contributed by atoms with Crippen molar-refractivity contribution < 1.29 is 9.47 Å². The summed E-state index contributed by atoms with van der Waals surface area (Å²) in [6.07, 6.45) is 7.61. The normalized spacial score (nSPS) is 10.8. The van der Waals surface area contributed by atoms with Crippen molar-refractivity contribution in [2.45, 2.75) is 12.8 Å². The summed E-state index contributed by atoms with van der Waals surface area (Å²) in [6.45, 7) is 0.829. The Bertz CT molecular complexity index is 1090. The second-order valence-electron chi connectivity index (χ2n) is 6.70. The average molecular weight is 388 g/mol. The minimum absolute atomic E-state index is 0.727. The number of rotatable bonds is 8. The van der Waals surface area contributed by atoms with Crippen molar-refractivity contribution >= 4 is 11.5 Å². The van der Waals surface area contributed by atoms with Crippen LogP contribution in [0.25, 0.3) is 16.9 Å². The lowest BCUT2D eigenvalue weighted by molar-refractivity contribution is 0.395. The predicted octanol–water partition coefficient (Wildman–Crippen LogP) is 4.46. The summed E-state index contributed by atoms with van der Waals surface area (Å²) in [7, 11) is 3.29. The number of methoxy groups -OCH3 is 2. The zero-order valence-electron chi connectivity index (χ0n) is 16.6. The number of benzene rings is 2. The molecule has 0 amide bonds. The quantitative estimate of drug-likeness (QED) is 0.452. The number of nitrogens with zero attached hydrogens (tertiary/aromatic N) is 3. The van der Waals surface area contributed by atoms with Gasteiger partial charge in [-0.1, -0.05) is 30.3 Å². The number of nitrogens with one attached hydrogen (secondary N) is 1. The Hall–Kier alpha value is -3.54. The highest BCUT2D eigenvalue weighted by Crippen LogP contribution is 2.34. The summed E-state index contributed by atoms with van der Waals surface area (Å²) in [5.74, 6) is 2.25. The smallest absolute Gasteiger partial charge is 0.180 e. The summed E-state index contributed by atoms with van der Waals surface area (Å²) >= 11 is 0. The number of hydrogen-bond donors (Lipinski definition) is 1. The van der Waals surface area contributed by atoms with Gasteiger partial charge in [0.2, 0.25) is 0 Å².